The van der Waals surface area contributed by atoms with E-state index in [4.69, 9.17) is 0 Å². The molecular formula is C11H22N2O4S. The lowest BCUT2D eigenvalue weighted by Gasteiger charge is -2.25. The van der Waals surface area contributed by atoms with E-state index in [-0.39, 0.29) is 36.4 Å². The summed E-state index contributed by atoms with van der Waals surface area (Å²) in [7, 11) is -3.02. The van der Waals surface area contributed by atoms with Crippen molar-refractivity contribution < 1.29 is 18.3 Å². The van der Waals surface area contributed by atoms with Crippen molar-refractivity contribution in [3.05, 3.63) is 0 Å². The van der Waals surface area contributed by atoms with Gasteiger partial charge in [-0.25, -0.2) is 8.42 Å². The van der Waals surface area contributed by atoms with Crippen molar-refractivity contribution in [1.82, 2.24) is 10.6 Å². The molecule has 6 nitrogen and oxygen atoms in total. The summed E-state index contributed by atoms with van der Waals surface area (Å²) in [6.07, 6.45) is 0.669. The van der Waals surface area contributed by atoms with Gasteiger partial charge in [-0.05, 0) is 13.3 Å². The van der Waals surface area contributed by atoms with Gasteiger partial charge < -0.3 is 15.7 Å². The molecule has 0 spiro atoms. The Morgan fingerprint density at radius 1 is 1.56 bits per heavy atom. The zero-order chi connectivity index (χ0) is 13.8. The summed E-state index contributed by atoms with van der Waals surface area (Å²) in [5, 5.41) is 15.4. The summed E-state index contributed by atoms with van der Waals surface area (Å²) in [6.45, 7) is 4.06. The van der Waals surface area contributed by atoms with Crippen LogP contribution in [-0.4, -0.2) is 55.7 Å². The van der Waals surface area contributed by atoms with Crippen LogP contribution < -0.4 is 10.6 Å². The number of sulfone groups is 1. The molecule has 0 bridgehead atoms. The van der Waals surface area contributed by atoms with Crippen LogP contribution in [0.1, 0.15) is 26.7 Å². The van der Waals surface area contributed by atoms with E-state index < -0.39 is 15.4 Å². The molecule has 1 amide bonds. The van der Waals surface area contributed by atoms with Gasteiger partial charge in [0.25, 0.3) is 0 Å². The van der Waals surface area contributed by atoms with Gasteiger partial charge in [0.2, 0.25) is 5.91 Å². The average molecular weight is 278 g/mol. The lowest BCUT2D eigenvalue weighted by atomic mass is 10.0. The Hall–Kier alpha value is -0.660. The van der Waals surface area contributed by atoms with Crippen LogP contribution in [0.4, 0.5) is 0 Å². The van der Waals surface area contributed by atoms with E-state index in [0.717, 1.165) is 0 Å². The van der Waals surface area contributed by atoms with Crippen molar-refractivity contribution in [1.29, 1.82) is 0 Å². The van der Waals surface area contributed by atoms with Crippen LogP contribution in [0.3, 0.4) is 0 Å². The third kappa shape index (κ3) is 5.32. The highest BCUT2D eigenvalue weighted by Crippen LogP contribution is 2.07. The Balaban J connectivity index is 2.37. The summed E-state index contributed by atoms with van der Waals surface area (Å²) < 4.78 is 22.8. The third-order valence-electron chi connectivity index (χ3n) is 3.16. The van der Waals surface area contributed by atoms with E-state index >= 15 is 0 Å². The molecule has 0 aliphatic carbocycles. The minimum atomic E-state index is -3.02. The predicted molar refractivity (Wildman–Crippen MR) is 69.0 cm³/mol. The second-order valence-electron chi connectivity index (χ2n) is 5.10. The summed E-state index contributed by atoms with van der Waals surface area (Å²) in [5.74, 6) is -0.0985. The molecular weight excluding hydrogens is 256 g/mol. The Morgan fingerprint density at radius 3 is 2.78 bits per heavy atom. The molecule has 0 aromatic rings. The zero-order valence-corrected chi connectivity index (χ0v) is 11.7. The monoisotopic (exact) mass is 278 g/mol. The quantitative estimate of drug-likeness (QED) is 0.602. The van der Waals surface area contributed by atoms with Gasteiger partial charge in [-0.15, -0.1) is 0 Å². The standard InChI is InChI=1S/C11H22N2O4S/c1-3-11(2,15)8-13-10(14)6-9-7-18(16,17)5-4-12-9/h9,12,15H,3-8H2,1-2H3,(H,13,14). The number of rotatable bonds is 5. The fraction of sp³-hybridized carbons (Fsp3) is 0.909. The minimum Gasteiger partial charge on any atom is -0.388 e. The van der Waals surface area contributed by atoms with Crippen LogP contribution >= 0.6 is 0 Å². The Labute approximate surface area is 108 Å². The van der Waals surface area contributed by atoms with E-state index in [2.05, 4.69) is 10.6 Å². The molecule has 18 heavy (non-hydrogen) atoms. The SMILES string of the molecule is CCC(C)(O)CNC(=O)CC1CS(=O)(=O)CCN1. The van der Waals surface area contributed by atoms with Crippen LogP contribution in [0.5, 0.6) is 0 Å². The van der Waals surface area contributed by atoms with Crippen molar-refractivity contribution >= 4 is 15.7 Å². The lowest BCUT2D eigenvalue weighted by Crippen LogP contribution is -2.48. The number of hydrogen-bond acceptors (Lipinski definition) is 5. The second-order valence-corrected chi connectivity index (χ2v) is 7.33. The highest BCUT2D eigenvalue weighted by Gasteiger charge is 2.26. The smallest absolute Gasteiger partial charge is 0.221 e. The maximum absolute atomic E-state index is 11.6. The fourth-order valence-corrected chi connectivity index (χ4v) is 3.15. The summed E-state index contributed by atoms with van der Waals surface area (Å²) in [4.78, 5) is 11.6. The normalized spacial score (nSPS) is 26.3. The first-order valence-electron chi connectivity index (χ1n) is 6.17. The average Bonchev–Trinajstić information content (AvgIpc) is 2.25. The van der Waals surface area contributed by atoms with Gasteiger partial charge in [0, 0.05) is 25.6 Å². The zero-order valence-electron chi connectivity index (χ0n) is 10.9. The first kappa shape index (κ1) is 15.4. The van der Waals surface area contributed by atoms with Gasteiger partial charge in [-0.1, -0.05) is 6.92 Å². The van der Waals surface area contributed by atoms with Crippen LogP contribution in [0.2, 0.25) is 0 Å². The number of hydrogen-bond donors (Lipinski definition) is 3. The summed E-state index contributed by atoms with van der Waals surface area (Å²) >= 11 is 0. The molecule has 0 aromatic carbocycles. The van der Waals surface area contributed by atoms with Crippen molar-refractivity contribution in [2.24, 2.45) is 0 Å². The number of amides is 1. The molecule has 3 N–H and O–H groups in total. The van der Waals surface area contributed by atoms with E-state index in [9.17, 15) is 18.3 Å². The number of carbonyl (C=O) groups excluding carboxylic acids is 1. The van der Waals surface area contributed by atoms with Crippen molar-refractivity contribution in [3.8, 4) is 0 Å². The molecule has 106 valence electrons. The molecule has 1 heterocycles. The molecule has 1 aliphatic rings. The van der Waals surface area contributed by atoms with Crippen molar-refractivity contribution in [2.75, 3.05) is 24.6 Å². The first-order valence-corrected chi connectivity index (χ1v) is 7.99. The van der Waals surface area contributed by atoms with Gasteiger partial charge in [-0.2, -0.15) is 0 Å². The summed E-state index contributed by atoms with van der Waals surface area (Å²) in [5.41, 5.74) is -0.915. The van der Waals surface area contributed by atoms with E-state index in [1.54, 1.807) is 6.92 Å². The predicted octanol–water partition coefficient (Wildman–Crippen LogP) is -0.960. The maximum atomic E-state index is 11.6. The first-order chi connectivity index (χ1) is 8.24. The molecule has 0 saturated carbocycles. The molecule has 0 radical (unpaired) electrons. The number of aliphatic hydroxyl groups is 1. The Morgan fingerprint density at radius 2 is 2.22 bits per heavy atom. The number of carbonyl (C=O) groups is 1. The molecule has 0 aromatic heterocycles. The van der Waals surface area contributed by atoms with Crippen molar-refractivity contribution in [2.45, 2.75) is 38.3 Å². The van der Waals surface area contributed by atoms with E-state index in [1.807, 2.05) is 6.92 Å². The van der Waals surface area contributed by atoms with Gasteiger partial charge in [-0.3, -0.25) is 4.79 Å². The lowest BCUT2D eigenvalue weighted by molar-refractivity contribution is -0.122. The minimum absolute atomic E-state index is 0.00455. The van der Waals surface area contributed by atoms with Crippen LogP contribution in [-0.2, 0) is 14.6 Å². The molecule has 2 atom stereocenters. The van der Waals surface area contributed by atoms with Crippen LogP contribution in [0.25, 0.3) is 0 Å². The summed E-state index contributed by atoms with van der Waals surface area (Å²) in [6, 6.07) is -0.324. The van der Waals surface area contributed by atoms with Gasteiger partial charge >= 0.3 is 0 Å². The largest absolute Gasteiger partial charge is 0.388 e. The van der Waals surface area contributed by atoms with Gasteiger partial charge in [0.15, 0.2) is 9.84 Å². The topological polar surface area (TPSA) is 95.5 Å². The number of nitrogens with one attached hydrogen (secondary N) is 2. The molecule has 1 fully saturated rings. The van der Waals surface area contributed by atoms with Crippen LogP contribution in [0.15, 0.2) is 0 Å². The molecule has 1 aliphatic heterocycles. The maximum Gasteiger partial charge on any atom is 0.221 e. The molecule has 7 heteroatoms. The molecule has 1 rings (SSSR count). The Kier molecular flexibility index (Phi) is 5.12. The van der Waals surface area contributed by atoms with Gasteiger partial charge in [0.1, 0.15) is 0 Å². The third-order valence-corrected chi connectivity index (χ3v) is 4.90. The Bertz CT molecular complexity index is 392. The fourth-order valence-electron chi connectivity index (χ4n) is 1.71. The van der Waals surface area contributed by atoms with Crippen LogP contribution in [0, 0.1) is 0 Å². The van der Waals surface area contributed by atoms with Crippen molar-refractivity contribution in [3.63, 3.8) is 0 Å². The highest BCUT2D eigenvalue weighted by atomic mass is 32.2. The van der Waals surface area contributed by atoms with E-state index in [0.29, 0.717) is 13.0 Å². The second kappa shape index (κ2) is 5.99. The molecule has 2 unspecified atom stereocenters. The highest BCUT2D eigenvalue weighted by molar-refractivity contribution is 7.91. The van der Waals surface area contributed by atoms with Gasteiger partial charge in [0.05, 0.1) is 17.1 Å². The van der Waals surface area contributed by atoms with E-state index in [1.165, 1.54) is 0 Å². The molecule has 1 saturated heterocycles.